The van der Waals surface area contributed by atoms with E-state index >= 15 is 0 Å². The number of primary amides is 1. The summed E-state index contributed by atoms with van der Waals surface area (Å²) < 4.78 is 0. The van der Waals surface area contributed by atoms with Crippen molar-refractivity contribution in [1.82, 2.24) is 15.6 Å². The van der Waals surface area contributed by atoms with Crippen LogP contribution in [0.2, 0.25) is 0 Å². The second kappa shape index (κ2) is 12.2. The van der Waals surface area contributed by atoms with Gasteiger partial charge in [0, 0.05) is 54.5 Å². The minimum atomic E-state index is -0.197. The third-order valence-electron chi connectivity index (χ3n) is 5.22. The summed E-state index contributed by atoms with van der Waals surface area (Å²) in [6, 6.07) is 14.4. The minimum Gasteiger partial charge on any atom is -0.369 e. The highest BCUT2D eigenvalue weighted by molar-refractivity contribution is 7.99. The zero-order chi connectivity index (χ0) is 21.9. The third-order valence-corrected chi connectivity index (χ3v) is 6.24. The number of anilines is 1. The second-order valence-electron chi connectivity index (χ2n) is 7.43. The van der Waals surface area contributed by atoms with Gasteiger partial charge in [-0.05, 0) is 38.0 Å². The van der Waals surface area contributed by atoms with Crippen LogP contribution in [0.1, 0.15) is 25.3 Å². The summed E-state index contributed by atoms with van der Waals surface area (Å²) >= 11 is 1.82. The minimum absolute atomic E-state index is 0.0280. The van der Waals surface area contributed by atoms with Crippen molar-refractivity contribution in [3.8, 4) is 0 Å². The van der Waals surface area contributed by atoms with Crippen molar-refractivity contribution in [3.63, 3.8) is 0 Å². The smallest absolute Gasteiger partial charge is 0.220 e. The Labute approximate surface area is 188 Å². The maximum Gasteiger partial charge on any atom is 0.220 e. The van der Waals surface area contributed by atoms with E-state index in [1.54, 1.807) is 0 Å². The summed E-state index contributed by atoms with van der Waals surface area (Å²) in [6.45, 7) is 5.81. The van der Waals surface area contributed by atoms with E-state index in [0.29, 0.717) is 6.54 Å². The Morgan fingerprint density at radius 3 is 2.68 bits per heavy atom. The predicted octanol–water partition coefficient (Wildman–Crippen LogP) is 2.63. The number of piperidine rings is 1. The highest BCUT2D eigenvalue weighted by atomic mass is 32.2. The number of pyridine rings is 1. The van der Waals surface area contributed by atoms with Crippen LogP contribution in [-0.4, -0.2) is 48.8 Å². The first-order valence-electron chi connectivity index (χ1n) is 10.9. The van der Waals surface area contributed by atoms with Crippen LogP contribution < -0.4 is 21.3 Å². The maximum absolute atomic E-state index is 11.4. The molecule has 31 heavy (non-hydrogen) atoms. The molecule has 0 bridgehead atoms. The Bertz CT molecular complexity index is 852. The zero-order valence-electron chi connectivity index (χ0n) is 18.1. The van der Waals surface area contributed by atoms with Gasteiger partial charge in [-0.25, -0.2) is 9.98 Å². The molecule has 0 unspecified atom stereocenters. The third kappa shape index (κ3) is 7.17. The Kier molecular flexibility index (Phi) is 9.02. The molecule has 0 spiro atoms. The number of aromatic nitrogens is 1. The average Bonchev–Trinajstić information content (AvgIpc) is 2.81. The van der Waals surface area contributed by atoms with Gasteiger partial charge in [0.2, 0.25) is 5.91 Å². The van der Waals surface area contributed by atoms with E-state index in [1.165, 1.54) is 4.90 Å². The van der Waals surface area contributed by atoms with Gasteiger partial charge in [-0.15, -0.1) is 11.8 Å². The Balaban J connectivity index is 1.56. The number of nitrogens with one attached hydrogen (secondary N) is 2. The standard InChI is InChI=1S/C23H32N6OS/c1-2-25-23(27-13-16-31-20-8-4-3-5-9-20)28-17-19-7-6-12-26-22(19)29-14-10-18(11-15-29)21(24)30/h3-9,12,18H,2,10-11,13-17H2,1H3,(H2,24,30)(H2,25,27,28). The zero-order valence-corrected chi connectivity index (χ0v) is 18.9. The van der Waals surface area contributed by atoms with Crippen molar-refractivity contribution in [2.45, 2.75) is 31.2 Å². The lowest BCUT2D eigenvalue weighted by Crippen LogP contribution is -2.39. The van der Waals surface area contributed by atoms with Gasteiger partial charge in [-0.3, -0.25) is 4.79 Å². The van der Waals surface area contributed by atoms with E-state index in [9.17, 15) is 4.79 Å². The number of carbonyl (C=O) groups is 1. The van der Waals surface area contributed by atoms with E-state index in [2.05, 4.69) is 57.8 Å². The number of hydrogen-bond donors (Lipinski definition) is 3. The van der Waals surface area contributed by atoms with Gasteiger partial charge < -0.3 is 21.3 Å². The van der Waals surface area contributed by atoms with E-state index in [1.807, 2.05) is 30.1 Å². The van der Waals surface area contributed by atoms with Crippen LogP contribution in [0.5, 0.6) is 0 Å². The lowest BCUT2D eigenvalue weighted by molar-refractivity contribution is -0.122. The molecule has 2 heterocycles. The summed E-state index contributed by atoms with van der Waals surface area (Å²) in [5, 5.41) is 6.72. The number of nitrogens with two attached hydrogens (primary N) is 1. The van der Waals surface area contributed by atoms with Gasteiger partial charge in [-0.1, -0.05) is 24.3 Å². The first-order valence-corrected chi connectivity index (χ1v) is 11.8. The summed E-state index contributed by atoms with van der Waals surface area (Å²) in [6.07, 6.45) is 3.36. The monoisotopic (exact) mass is 440 g/mol. The Hall–Kier alpha value is -2.74. The number of rotatable bonds is 9. The Morgan fingerprint density at radius 1 is 1.19 bits per heavy atom. The highest BCUT2D eigenvalue weighted by Crippen LogP contribution is 2.25. The molecule has 0 radical (unpaired) electrons. The van der Waals surface area contributed by atoms with E-state index < -0.39 is 0 Å². The number of nitrogens with zero attached hydrogens (tertiary/aromatic N) is 3. The molecule has 1 aliphatic heterocycles. The lowest BCUT2D eigenvalue weighted by atomic mass is 9.96. The van der Waals surface area contributed by atoms with Crippen molar-refractivity contribution in [2.75, 3.05) is 36.8 Å². The van der Waals surface area contributed by atoms with Crippen molar-refractivity contribution >= 4 is 29.4 Å². The van der Waals surface area contributed by atoms with Crippen LogP contribution >= 0.6 is 11.8 Å². The molecule has 1 aromatic carbocycles. The SMILES string of the molecule is CCNC(=NCc1cccnc1N1CCC(C(N)=O)CC1)NCCSc1ccccc1. The van der Waals surface area contributed by atoms with Gasteiger partial charge in [0.25, 0.3) is 0 Å². The first kappa shape index (κ1) is 22.9. The molecule has 4 N–H and O–H groups in total. The van der Waals surface area contributed by atoms with Gasteiger partial charge in [0.1, 0.15) is 5.82 Å². The van der Waals surface area contributed by atoms with Gasteiger partial charge in [-0.2, -0.15) is 0 Å². The van der Waals surface area contributed by atoms with E-state index in [0.717, 1.165) is 62.1 Å². The van der Waals surface area contributed by atoms with Crippen LogP contribution in [-0.2, 0) is 11.3 Å². The normalized spacial score (nSPS) is 15.0. The molecule has 3 rings (SSSR count). The van der Waals surface area contributed by atoms with Crippen LogP contribution in [0.4, 0.5) is 5.82 Å². The maximum atomic E-state index is 11.4. The van der Waals surface area contributed by atoms with Gasteiger partial charge in [0.05, 0.1) is 6.54 Å². The number of benzene rings is 1. The van der Waals surface area contributed by atoms with Crippen LogP contribution in [0.25, 0.3) is 0 Å². The van der Waals surface area contributed by atoms with E-state index in [4.69, 9.17) is 10.7 Å². The molecular formula is C23H32N6OS. The molecule has 1 amide bonds. The summed E-state index contributed by atoms with van der Waals surface area (Å²) in [5.74, 6) is 2.49. The number of aliphatic imine (C=N–C) groups is 1. The fourth-order valence-corrected chi connectivity index (χ4v) is 4.36. The van der Waals surface area contributed by atoms with Crippen LogP contribution in [0.3, 0.4) is 0 Å². The van der Waals surface area contributed by atoms with Crippen molar-refractivity contribution in [3.05, 3.63) is 54.2 Å². The molecule has 2 aromatic rings. The van der Waals surface area contributed by atoms with Crippen molar-refractivity contribution in [1.29, 1.82) is 0 Å². The summed E-state index contributed by atoms with van der Waals surface area (Å²) in [5.41, 5.74) is 6.55. The summed E-state index contributed by atoms with van der Waals surface area (Å²) in [4.78, 5) is 24.3. The van der Waals surface area contributed by atoms with Crippen LogP contribution in [0.15, 0.2) is 58.5 Å². The number of carbonyl (C=O) groups excluding carboxylic acids is 1. The topological polar surface area (TPSA) is 95.6 Å². The van der Waals surface area contributed by atoms with Gasteiger partial charge >= 0.3 is 0 Å². The fraction of sp³-hybridized carbons (Fsp3) is 0.435. The molecule has 1 aliphatic rings. The summed E-state index contributed by atoms with van der Waals surface area (Å²) in [7, 11) is 0. The molecule has 8 heteroatoms. The van der Waals surface area contributed by atoms with Gasteiger partial charge in [0.15, 0.2) is 5.96 Å². The lowest BCUT2D eigenvalue weighted by Gasteiger charge is -2.32. The molecule has 1 aromatic heterocycles. The molecule has 1 saturated heterocycles. The molecule has 0 atom stereocenters. The number of amides is 1. The molecular weight excluding hydrogens is 408 g/mol. The van der Waals surface area contributed by atoms with Crippen molar-refractivity contribution in [2.24, 2.45) is 16.6 Å². The Morgan fingerprint density at radius 2 is 1.97 bits per heavy atom. The average molecular weight is 441 g/mol. The number of thioether (sulfide) groups is 1. The van der Waals surface area contributed by atoms with Crippen LogP contribution in [0, 0.1) is 5.92 Å². The van der Waals surface area contributed by atoms with Crippen molar-refractivity contribution < 1.29 is 4.79 Å². The molecule has 1 fully saturated rings. The molecule has 0 aliphatic carbocycles. The number of hydrogen-bond acceptors (Lipinski definition) is 5. The second-order valence-corrected chi connectivity index (χ2v) is 8.60. The first-order chi connectivity index (χ1) is 15.2. The predicted molar refractivity (Wildman–Crippen MR) is 128 cm³/mol. The quantitative estimate of drug-likeness (QED) is 0.240. The largest absolute Gasteiger partial charge is 0.369 e. The fourth-order valence-electron chi connectivity index (χ4n) is 3.58. The highest BCUT2D eigenvalue weighted by Gasteiger charge is 2.24. The molecule has 166 valence electrons. The van der Waals surface area contributed by atoms with E-state index in [-0.39, 0.29) is 11.8 Å². The molecule has 0 saturated carbocycles. The molecule has 7 nitrogen and oxygen atoms in total. The number of guanidine groups is 1.